The number of carbonyl (C=O) groups is 1. The molecule has 0 bridgehead atoms. The largest absolute Gasteiger partial charge is 0.459 e. The SMILES string of the molecule is C[N+]1(C)C2CC(OC(=O)C(O)(c3cccs3)c3cccs3)CC23C2OC2C31. The molecule has 5 nitrogen and oxygen atoms in total. The van der Waals surface area contributed by atoms with Crippen LogP contribution in [0.4, 0.5) is 0 Å². The fraction of sp³-hybridized carbons (Fsp3) is 0.550. The van der Waals surface area contributed by atoms with Crippen LogP contribution in [0, 0.1) is 5.41 Å². The van der Waals surface area contributed by atoms with Crippen molar-refractivity contribution in [2.45, 2.75) is 48.8 Å². The second kappa shape index (κ2) is 5.02. The number of fused-ring (bicyclic) bond motifs is 2. The second-order valence-corrected chi connectivity index (χ2v) is 10.8. The monoisotopic (exact) mass is 404 g/mol. The summed E-state index contributed by atoms with van der Waals surface area (Å²) < 4.78 is 12.8. The lowest BCUT2D eigenvalue weighted by molar-refractivity contribution is -1.01. The number of likely N-dealkylation sites (N-methyl/N-ethyl adjacent to an activating group) is 1. The summed E-state index contributed by atoms with van der Waals surface area (Å²) in [4.78, 5) is 14.4. The van der Waals surface area contributed by atoms with Gasteiger partial charge in [0.2, 0.25) is 5.60 Å². The molecule has 6 unspecified atom stereocenters. The molecule has 4 aliphatic rings. The first-order valence-corrected chi connectivity index (χ1v) is 11.2. The maximum Gasteiger partial charge on any atom is 0.349 e. The summed E-state index contributed by atoms with van der Waals surface area (Å²) in [5.41, 5.74) is -1.52. The molecule has 2 saturated heterocycles. The van der Waals surface area contributed by atoms with E-state index in [4.69, 9.17) is 9.47 Å². The molecule has 0 radical (unpaired) electrons. The number of aliphatic hydroxyl groups is 1. The lowest BCUT2D eigenvalue weighted by Crippen LogP contribution is -2.86. The summed E-state index contributed by atoms with van der Waals surface area (Å²) in [6, 6.07) is 8.33. The smallest absolute Gasteiger partial charge is 0.349 e. The topological polar surface area (TPSA) is 59.1 Å². The van der Waals surface area contributed by atoms with Gasteiger partial charge >= 0.3 is 5.97 Å². The highest BCUT2D eigenvalue weighted by atomic mass is 32.1. The molecule has 4 fully saturated rings. The van der Waals surface area contributed by atoms with Gasteiger partial charge in [0.1, 0.15) is 35.8 Å². The summed E-state index contributed by atoms with van der Waals surface area (Å²) in [6.07, 6.45) is 2.35. The highest BCUT2D eigenvalue weighted by Crippen LogP contribution is 2.75. The van der Waals surface area contributed by atoms with Gasteiger partial charge in [0.25, 0.3) is 0 Å². The van der Waals surface area contributed by atoms with Crippen molar-refractivity contribution in [2.24, 2.45) is 5.41 Å². The summed E-state index contributed by atoms with van der Waals surface area (Å²) in [6.45, 7) is 0. The molecule has 6 rings (SSSR count). The Morgan fingerprint density at radius 2 is 1.96 bits per heavy atom. The normalized spacial score (nSPS) is 40.2. The zero-order valence-electron chi connectivity index (χ0n) is 15.2. The molecule has 2 aromatic rings. The molecule has 27 heavy (non-hydrogen) atoms. The van der Waals surface area contributed by atoms with Crippen LogP contribution in [0.5, 0.6) is 0 Å². The fourth-order valence-electron chi connectivity index (χ4n) is 6.48. The Kier molecular flexibility index (Phi) is 3.10. The number of thiophene rings is 2. The Hall–Kier alpha value is -1.25. The highest BCUT2D eigenvalue weighted by molar-refractivity contribution is 7.12. The number of carbonyl (C=O) groups excluding carboxylic acids is 1. The minimum Gasteiger partial charge on any atom is -0.459 e. The molecule has 2 aliphatic carbocycles. The van der Waals surface area contributed by atoms with E-state index in [-0.39, 0.29) is 11.5 Å². The summed E-state index contributed by atoms with van der Waals surface area (Å²) in [5, 5.41) is 15.2. The lowest BCUT2D eigenvalue weighted by atomic mass is 9.52. The van der Waals surface area contributed by atoms with Crippen LogP contribution in [0.2, 0.25) is 0 Å². The summed E-state index contributed by atoms with van der Waals surface area (Å²) >= 11 is 2.76. The number of esters is 1. The van der Waals surface area contributed by atoms with Crippen LogP contribution in [-0.2, 0) is 19.9 Å². The Balaban J connectivity index is 1.27. The van der Waals surface area contributed by atoms with Crippen LogP contribution < -0.4 is 0 Å². The molecule has 2 aliphatic heterocycles. The number of piperidine rings is 1. The third-order valence-corrected chi connectivity index (χ3v) is 9.41. The van der Waals surface area contributed by atoms with Crippen molar-refractivity contribution in [1.82, 2.24) is 0 Å². The number of likely N-dealkylation sites (tertiary alicyclic amines) is 1. The van der Waals surface area contributed by atoms with E-state index in [9.17, 15) is 9.90 Å². The molecule has 1 spiro atoms. The second-order valence-electron chi connectivity index (χ2n) is 8.86. The van der Waals surface area contributed by atoms with Gasteiger partial charge in [0, 0.05) is 12.8 Å². The molecular weight excluding hydrogens is 382 g/mol. The van der Waals surface area contributed by atoms with Gasteiger partial charge in [-0.3, -0.25) is 0 Å². The van der Waals surface area contributed by atoms with Crippen molar-refractivity contribution in [3.63, 3.8) is 0 Å². The number of ether oxygens (including phenoxy) is 2. The van der Waals surface area contributed by atoms with Crippen molar-refractivity contribution < 1.29 is 23.9 Å². The molecule has 2 saturated carbocycles. The molecule has 0 amide bonds. The Morgan fingerprint density at radius 3 is 2.56 bits per heavy atom. The van der Waals surface area contributed by atoms with Crippen LogP contribution in [0.3, 0.4) is 0 Å². The van der Waals surface area contributed by atoms with Crippen LogP contribution >= 0.6 is 22.7 Å². The molecular formula is C20H22NO4S2+. The Morgan fingerprint density at radius 1 is 1.30 bits per heavy atom. The van der Waals surface area contributed by atoms with Gasteiger partial charge in [-0.1, -0.05) is 12.1 Å². The van der Waals surface area contributed by atoms with Crippen molar-refractivity contribution >= 4 is 28.6 Å². The van der Waals surface area contributed by atoms with E-state index in [2.05, 4.69) is 14.1 Å². The molecule has 4 heterocycles. The minimum atomic E-state index is -1.72. The van der Waals surface area contributed by atoms with Gasteiger partial charge in [0.05, 0.1) is 23.8 Å². The predicted octanol–water partition coefficient (Wildman–Crippen LogP) is 2.35. The van der Waals surface area contributed by atoms with Gasteiger partial charge in [-0.05, 0) is 22.9 Å². The third-order valence-electron chi connectivity index (χ3n) is 7.45. The fourth-order valence-corrected chi connectivity index (χ4v) is 8.19. The zero-order chi connectivity index (χ0) is 18.6. The van der Waals surface area contributed by atoms with E-state index in [1.165, 1.54) is 22.7 Å². The molecule has 2 aromatic heterocycles. The number of rotatable bonds is 4. The number of nitrogens with zero attached hydrogens (tertiary/aromatic N) is 1. The maximum absolute atomic E-state index is 13.2. The van der Waals surface area contributed by atoms with Gasteiger partial charge in [-0.15, -0.1) is 22.7 Å². The van der Waals surface area contributed by atoms with Gasteiger partial charge in [-0.25, -0.2) is 4.79 Å². The Labute approximate surface area is 165 Å². The molecule has 7 heteroatoms. The maximum atomic E-state index is 13.2. The number of epoxide rings is 1. The molecule has 1 N–H and O–H groups in total. The van der Waals surface area contributed by atoms with E-state index in [1.54, 1.807) is 12.1 Å². The number of hydrogen-bond acceptors (Lipinski definition) is 6. The molecule has 0 aromatic carbocycles. The first-order chi connectivity index (χ1) is 12.9. The minimum absolute atomic E-state index is 0.151. The van der Waals surface area contributed by atoms with E-state index in [0.29, 0.717) is 34.0 Å². The van der Waals surface area contributed by atoms with Crippen LogP contribution in [0.15, 0.2) is 35.0 Å². The van der Waals surface area contributed by atoms with Crippen molar-refractivity contribution in [3.8, 4) is 0 Å². The summed E-state index contributed by atoms with van der Waals surface area (Å²) in [5.74, 6) is -0.551. The standard InChI is InChI=1S/C20H22NO4S2/c1-21(2)12-9-11(10-19(12)16(21)15-17(19)25-15)24-18(22)20(23,13-5-3-7-26-13)14-6-4-8-27-14/h3-8,11-12,15-17,23H,9-10H2,1-2H3/q+1. The third kappa shape index (κ3) is 1.83. The quantitative estimate of drug-likeness (QED) is 0.483. The van der Waals surface area contributed by atoms with Gasteiger partial charge in [-0.2, -0.15) is 0 Å². The van der Waals surface area contributed by atoms with Gasteiger partial charge in [0.15, 0.2) is 0 Å². The van der Waals surface area contributed by atoms with E-state index in [0.717, 1.165) is 17.3 Å². The highest BCUT2D eigenvalue weighted by Gasteiger charge is 2.93. The van der Waals surface area contributed by atoms with Crippen molar-refractivity contribution in [3.05, 3.63) is 44.8 Å². The van der Waals surface area contributed by atoms with Crippen LogP contribution in [-0.4, -0.2) is 60.0 Å². The lowest BCUT2D eigenvalue weighted by Gasteiger charge is -2.67. The first-order valence-electron chi connectivity index (χ1n) is 9.40. The molecule has 142 valence electrons. The van der Waals surface area contributed by atoms with Crippen molar-refractivity contribution in [1.29, 1.82) is 0 Å². The van der Waals surface area contributed by atoms with E-state index in [1.807, 2.05) is 22.9 Å². The molecule has 6 atom stereocenters. The summed E-state index contributed by atoms with van der Waals surface area (Å²) in [7, 11) is 4.53. The van der Waals surface area contributed by atoms with E-state index < -0.39 is 11.6 Å². The van der Waals surface area contributed by atoms with E-state index >= 15 is 0 Å². The first kappa shape index (κ1) is 16.7. The number of quaternary nitrogens is 1. The predicted molar refractivity (Wildman–Crippen MR) is 102 cm³/mol. The average molecular weight is 405 g/mol. The number of hydrogen-bond donors (Lipinski definition) is 1. The van der Waals surface area contributed by atoms with Gasteiger partial charge < -0.3 is 19.1 Å². The zero-order valence-corrected chi connectivity index (χ0v) is 16.8. The Bertz CT molecular complexity index is 874. The van der Waals surface area contributed by atoms with Crippen molar-refractivity contribution in [2.75, 3.05) is 14.1 Å². The average Bonchev–Trinajstić information content (AvgIpc) is 3.15. The van der Waals surface area contributed by atoms with Crippen LogP contribution in [0.1, 0.15) is 22.6 Å². The van der Waals surface area contributed by atoms with Crippen LogP contribution in [0.25, 0.3) is 0 Å².